The van der Waals surface area contributed by atoms with Crippen molar-refractivity contribution in [2.45, 2.75) is 52.9 Å². The fraction of sp³-hybridized carbons (Fsp3) is 0.933. The van der Waals surface area contributed by atoms with Crippen LogP contribution in [0.1, 0.15) is 52.9 Å². The standard InChI is InChI=1S/C15H27NO/c1-4-12-7-9-16(10-12)11-13-6-5-8-15(2,3)14(13)17/h12-13H,4-11H2,1-3H3. The molecule has 0 aromatic heterocycles. The summed E-state index contributed by atoms with van der Waals surface area (Å²) in [5.41, 5.74) is -0.0627. The molecule has 1 aliphatic carbocycles. The SMILES string of the molecule is CCC1CCN(CC2CCCC(C)(C)C2=O)C1. The van der Waals surface area contributed by atoms with E-state index in [0.29, 0.717) is 11.7 Å². The van der Waals surface area contributed by atoms with E-state index in [1.165, 1.54) is 32.4 Å². The minimum Gasteiger partial charge on any atom is -0.302 e. The molecular formula is C15H27NO. The van der Waals surface area contributed by atoms with Gasteiger partial charge in [-0.3, -0.25) is 4.79 Å². The van der Waals surface area contributed by atoms with Crippen molar-refractivity contribution in [2.75, 3.05) is 19.6 Å². The Morgan fingerprint density at radius 2 is 2.12 bits per heavy atom. The van der Waals surface area contributed by atoms with Gasteiger partial charge in [-0.05, 0) is 31.7 Å². The molecule has 0 bridgehead atoms. The average Bonchev–Trinajstić information content (AvgIpc) is 2.72. The summed E-state index contributed by atoms with van der Waals surface area (Å²) >= 11 is 0. The average molecular weight is 237 g/mol. The molecule has 0 aromatic rings. The molecule has 1 saturated heterocycles. The third-order valence-electron chi connectivity index (χ3n) is 4.82. The van der Waals surface area contributed by atoms with Gasteiger partial charge in [0, 0.05) is 24.4 Å². The van der Waals surface area contributed by atoms with E-state index >= 15 is 0 Å². The number of Topliss-reactive ketones (excluding diaryl/α,β-unsaturated/α-hetero) is 1. The van der Waals surface area contributed by atoms with Crippen LogP contribution in [0.2, 0.25) is 0 Å². The molecule has 2 unspecified atom stereocenters. The monoisotopic (exact) mass is 237 g/mol. The van der Waals surface area contributed by atoms with E-state index in [2.05, 4.69) is 25.7 Å². The molecule has 0 aromatic carbocycles. The van der Waals surface area contributed by atoms with Crippen molar-refractivity contribution in [3.05, 3.63) is 0 Å². The van der Waals surface area contributed by atoms with Crippen molar-refractivity contribution >= 4 is 5.78 Å². The maximum Gasteiger partial charge on any atom is 0.142 e. The molecule has 2 rings (SSSR count). The summed E-state index contributed by atoms with van der Waals surface area (Å²) in [6, 6.07) is 0. The van der Waals surface area contributed by atoms with Crippen LogP contribution in [0.3, 0.4) is 0 Å². The largest absolute Gasteiger partial charge is 0.302 e. The number of likely N-dealkylation sites (tertiary alicyclic amines) is 1. The summed E-state index contributed by atoms with van der Waals surface area (Å²) in [7, 11) is 0. The number of carbonyl (C=O) groups excluding carboxylic acids is 1. The first kappa shape index (κ1) is 13.1. The van der Waals surface area contributed by atoms with Crippen molar-refractivity contribution < 1.29 is 4.79 Å². The van der Waals surface area contributed by atoms with E-state index in [9.17, 15) is 4.79 Å². The maximum atomic E-state index is 12.4. The van der Waals surface area contributed by atoms with Crippen LogP contribution in [0, 0.1) is 17.3 Å². The van der Waals surface area contributed by atoms with E-state index in [1.54, 1.807) is 0 Å². The first-order valence-electron chi connectivity index (χ1n) is 7.29. The summed E-state index contributed by atoms with van der Waals surface area (Å²) in [5.74, 6) is 1.71. The van der Waals surface area contributed by atoms with Crippen LogP contribution < -0.4 is 0 Å². The Balaban J connectivity index is 1.89. The minimum absolute atomic E-state index is 0.0627. The van der Waals surface area contributed by atoms with Crippen LogP contribution >= 0.6 is 0 Å². The first-order chi connectivity index (χ1) is 8.03. The van der Waals surface area contributed by atoms with Gasteiger partial charge in [0.2, 0.25) is 0 Å². The van der Waals surface area contributed by atoms with Gasteiger partial charge in [0.05, 0.1) is 0 Å². The molecule has 2 fully saturated rings. The molecule has 1 heterocycles. The Hall–Kier alpha value is -0.370. The summed E-state index contributed by atoms with van der Waals surface area (Å²) in [6.45, 7) is 9.99. The Morgan fingerprint density at radius 3 is 2.76 bits per heavy atom. The third kappa shape index (κ3) is 2.90. The van der Waals surface area contributed by atoms with E-state index in [-0.39, 0.29) is 5.41 Å². The normalized spacial score (nSPS) is 34.2. The Kier molecular flexibility index (Phi) is 3.92. The van der Waals surface area contributed by atoms with Gasteiger partial charge in [-0.25, -0.2) is 0 Å². The number of carbonyl (C=O) groups is 1. The lowest BCUT2D eigenvalue weighted by atomic mass is 9.71. The summed E-state index contributed by atoms with van der Waals surface area (Å²) in [6.07, 6.45) is 6.06. The zero-order valence-electron chi connectivity index (χ0n) is 11.7. The summed E-state index contributed by atoms with van der Waals surface area (Å²) < 4.78 is 0. The predicted molar refractivity (Wildman–Crippen MR) is 71.0 cm³/mol. The number of hydrogen-bond acceptors (Lipinski definition) is 2. The smallest absolute Gasteiger partial charge is 0.142 e. The van der Waals surface area contributed by atoms with Crippen molar-refractivity contribution in [3.63, 3.8) is 0 Å². The van der Waals surface area contributed by atoms with Gasteiger partial charge in [-0.2, -0.15) is 0 Å². The summed E-state index contributed by atoms with van der Waals surface area (Å²) in [4.78, 5) is 14.9. The van der Waals surface area contributed by atoms with Gasteiger partial charge >= 0.3 is 0 Å². The number of hydrogen-bond donors (Lipinski definition) is 0. The molecule has 2 nitrogen and oxygen atoms in total. The molecular weight excluding hydrogens is 210 g/mol. The Morgan fingerprint density at radius 1 is 1.35 bits per heavy atom. The van der Waals surface area contributed by atoms with E-state index in [1.807, 2.05) is 0 Å². The topological polar surface area (TPSA) is 20.3 Å². The predicted octanol–water partition coefficient (Wildman–Crippen LogP) is 3.11. The highest BCUT2D eigenvalue weighted by Crippen LogP contribution is 2.36. The number of ketones is 1. The van der Waals surface area contributed by atoms with Crippen LogP contribution in [0.4, 0.5) is 0 Å². The zero-order chi connectivity index (χ0) is 12.5. The van der Waals surface area contributed by atoms with Crippen LogP contribution in [0.15, 0.2) is 0 Å². The highest BCUT2D eigenvalue weighted by Gasteiger charge is 2.38. The summed E-state index contributed by atoms with van der Waals surface area (Å²) in [5, 5.41) is 0. The van der Waals surface area contributed by atoms with Crippen LogP contribution in [-0.2, 0) is 4.79 Å². The highest BCUT2D eigenvalue weighted by molar-refractivity contribution is 5.87. The van der Waals surface area contributed by atoms with Gasteiger partial charge in [-0.15, -0.1) is 0 Å². The molecule has 0 amide bonds. The molecule has 2 aliphatic rings. The minimum atomic E-state index is -0.0627. The van der Waals surface area contributed by atoms with Crippen molar-refractivity contribution in [1.29, 1.82) is 0 Å². The Bertz CT molecular complexity index is 285. The quantitative estimate of drug-likeness (QED) is 0.751. The van der Waals surface area contributed by atoms with Gasteiger partial charge < -0.3 is 4.90 Å². The molecule has 0 spiro atoms. The molecule has 1 saturated carbocycles. The fourth-order valence-corrected chi connectivity index (χ4v) is 3.50. The van der Waals surface area contributed by atoms with Crippen molar-refractivity contribution in [1.82, 2.24) is 4.90 Å². The fourth-order valence-electron chi connectivity index (χ4n) is 3.50. The van der Waals surface area contributed by atoms with Gasteiger partial charge in [-0.1, -0.05) is 33.6 Å². The first-order valence-corrected chi connectivity index (χ1v) is 7.29. The van der Waals surface area contributed by atoms with E-state index in [0.717, 1.165) is 25.3 Å². The second-order valence-electron chi connectivity index (χ2n) is 6.66. The van der Waals surface area contributed by atoms with Crippen LogP contribution in [0.25, 0.3) is 0 Å². The zero-order valence-corrected chi connectivity index (χ0v) is 11.7. The maximum absolute atomic E-state index is 12.4. The molecule has 1 aliphatic heterocycles. The van der Waals surface area contributed by atoms with E-state index < -0.39 is 0 Å². The molecule has 2 heteroatoms. The lowest BCUT2D eigenvalue weighted by Crippen LogP contribution is -2.41. The molecule has 2 atom stereocenters. The lowest BCUT2D eigenvalue weighted by Gasteiger charge is -2.35. The molecule has 17 heavy (non-hydrogen) atoms. The van der Waals surface area contributed by atoms with Gasteiger partial charge in [0.15, 0.2) is 0 Å². The van der Waals surface area contributed by atoms with E-state index in [4.69, 9.17) is 0 Å². The van der Waals surface area contributed by atoms with Gasteiger partial charge in [0.25, 0.3) is 0 Å². The van der Waals surface area contributed by atoms with Crippen LogP contribution in [-0.4, -0.2) is 30.3 Å². The highest BCUT2D eigenvalue weighted by atomic mass is 16.1. The van der Waals surface area contributed by atoms with Crippen molar-refractivity contribution in [3.8, 4) is 0 Å². The third-order valence-corrected chi connectivity index (χ3v) is 4.82. The Labute approximate surface area is 106 Å². The second kappa shape index (κ2) is 5.09. The van der Waals surface area contributed by atoms with Gasteiger partial charge in [0.1, 0.15) is 5.78 Å². The van der Waals surface area contributed by atoms with Crippen LogP contribution in [0.5, 0.6) is 0 Å². The number of rotatable bonds is 3. The molecule has 0 radical (unpaired) electrons. The lowest BCUT2D eigenvalue weighted by molar-refractivity contribution is -0.134. The second-order valence-corrected chi connectivity index (χ2v) is 6.66. The molecule has 0 N–H and O–H groups in total. The van der Waals surface area contributed by atoms with Crippen molar-refractivity contribution in [2.24, 2.45) is 17.3 Å². The number of nitrogens with zero attached hydrogens (tertiary/aromatic N) is 1. The molecule has 98 valence electrons.